The largest absolute Gasteiger partial charge is 0.355 e. The number of nitrogens with two attached hydrogens (primary N) is 1. The summed E-state index contributed by atoms with van der Waals surface area (Å²) in [5, 5.41) is 0.756. The summed E-state index contributed by atoms with van der Waals surface area (Å²) in [6.45, 7) is 2.72. The first kappa shape index (κ1) is 13.8. The van der Waals surface area contributed by atoms with Crippen LogP contribution < -0.4 is 10.6 Å². The standard InChI is InChI=1S/C15H18ClN3/c1-11(17)13-6-7-15(18-9-13)19(2)10-12-4-3-5-14(16)8-12/h3-9,11H,10,17H2,1-2H3. The van der Waals surface area contributed by atoms with Crippen LogP contribution in [0.5, 0.6) is 0 Å². The van der Waals surface area contributed by atoms with Crippen LogP contribution in [0.4, 0.5) is 5.82 Å². The van der Waals surface area contributed by atoms with E-state index in [-0.39, 0.29) is 6.04 Å². The van der Waals surface area contributed by atoms with Gasteiger partial charge in [0, 0.05) is 30.9 Å². The average molecular weight is 276 g/mol. The van der Waals surface area contributed by atoms with E-state index in [1.807, 2.05) is 50.5 Å². The summed E-state index contributed by atoms with van der Waals surface area (Å²) in [5.74, 6) is 0.921. The summed E-state index contributed by atoms with van der Waals surface area (Å²) < 4.78 is 0. The molecule has 1 atom stereocenters. The third-order valence-electron chi connectivity index (χ3n) is 3.00. The molecule has 3 nitrogen and oxygen atoms in total. The molecule has 2 N–H and O–H groups in total. The van der Waals surface area contributed by atoms with Crippen molar-refractivity contribution < 1.29 is 0 Å². The molecule has 0 amide bonds. The zero-order chi connectivity index (χ0) is 13.8. The Labute approximate surface area is 119 Å². The van der Waals surface area contributed by atoms with E-state index in [9.17, 15) is 0 Å². The van der Waals surface area contributed by atoms with Gasteiger partial charge in [-0.25, -0.2) is 4.98 Å². The Balaban J connectivity index is 2.09. The van der Waals surface area contributed by atoms with Gasteiger partial charge in [-0.15, -0.1) is 0 Å². The molecule has 0 bridgehead atoms. The van der Waals surface area contributed by atoms with Gasteiger partial charge in [-0.2, -0.15) is 0 Å². The van der Waals surface area contributed by atoms with Gasteiger partial charge in [0.25, 0.3) is 0 Å². The fourth-order valence-corrected chi connectivity index (χ4v) is 2.10. The van der Waals surface area contributed by atoms with E-state index in [0.29, 0.717) is 0 Å². The van der Waals surface area contributed by atoms with Gasteiger partial charge in [0.1, 0.15) is 5.82 Å². The highest BCUT2D eigenvalue weighted by molar-refractivity contribution is 6.30. The molecule has 100 valence electrons. The summed E-state index contributed by atoms with van der Waals surface area (Å²) in [4.78, 5) is 6.51. The highest BCUT2D eigenvalue weighted by Crippen LogP contribution is 2.17. The number of benzene rings is 1. The topological polar surface area (TPSA) is 42.1 Å². The van der Waals surface area contributed by atoms with E-state index in [1.54, 1.807) is 0 Å². The Morgan fingerprint density at radius 3 is 2.68 bits per heavy atom. The average Bonchev–Trinajstić information content (AvgIpc) is 2.39. The number of hydrogen-bond acceptors (Lipinski definition) is 3. The number of halogens is 1. The van der Waals surface area contributed by atoms with Crippen LogP contribution >= 0.6 is 11.6 Å². The lowest BCUT2D eigenvalue weighted by Gasteiger charge is -2.19. The van der Waals surface area contributed by atoms with Crippen molar-refractivity contribution in [2.45, 2.75) is 19.5 Å². The van der Waals surface area contributed by atoms with Gasteiger partial charge in [0.15, 0.2) is 0 Å². The van der Waals surface area contributed by atoms with Crippen molar-refractivity contribution >= 4 is 17.4 Å². The number of anilines is 1. The number of hydrogen-bond donors (Lipinski definition) is 1. The maximum atomic E-state index is 5.98. The van der Waals surface area contributed by atoms with Crippen LogP contribution in [-0.2, 0) is 6.54 Å². The number of nitrogens with zero attached hydrogens (tertiary/aromatic N) is 2. The van der Waals surface area contributed by atoms with E-state index in [0.717, 1.165) is 28.5 Å². The first-order valence-electron chi connectivity index (χ1n) is 6.23. The lowest BCUT2D eigenvalue weighted by molar-refractivity contribution is 0.807. The predicted octanol–water partition coefficient (Wildman–Crippen LogP) is 3.39. The second kappa shape index (κ2) is 6.04. The molecule has 0 saturated carbocycles. The summed E-state index contributed by atoms with van der Waals surface area (Å²) >= 11 is 5.98. The molecule has 0 fully saturated rings. The molecule has 2 aromatic rings. The first-order chi connectivity index (χ1) is 9.06. The van der Waals surface area contributed by atoms with Crippen molar-refractivity contribution in [2.75, 3.05) is 11.9 Å². The monoisotopic (exact) mass is 275 g/mol. The Morgan fingerprint density at radius 1 is 1.32 bits per heavy atom. The zero-order valence-corrected chi connectivity index (χ0v) is 11.9. The minimum absolute atomic E-state index is 0.0137. The predicted molar refractivity (Wildman–Crippen MR) is 80.4 cm³/mol. The minimum Gasteiger partial charge on any atom is -0.355 e. The van der Waals surface area contributed by atoms with Crippen molar-refractivity contribution in [3.63, 3.8) is 0 Å². The summed E-state index contributed by atoms with van der Waals surface area (Å²) in [6.07, 6.45) is 1.83. The molecular weight excluding hydrogens is 258 g/mol. The maximum absolute atomic E-state index is 5.98. The van der Waals surface area contributed by atoms with Gasteiger partial charge < -0.3 is 10.6 Å². The van der Waals surface area contributed by atoms with Crippen molar-refractivity contribution in [1.82, 2.24) is 4.98 Å². The van der Waals surface area contributed by atoms with E-state index < -0.39 is 0 Å². The maximum Gasteiger partial charge on any atom is 0.128 e. The van der Waals surface area contributed by atoms with Crippen LogP contribution in [-0.4, -0.2) is 12.0 Å². The van der Waals surface area contributed by atoms with Crippen molar-refractivity contribution in [3.8, 4) is 0 Å². The molecule has 0 aliphatic heterocycles. The molecule has 1 heterocycles. The second-order valence-electron chi connectivity index (χ2n) is 4.72. The third-order valence-corrected chi connectivity index (χ3v) is 3.23. The lowest BCUT2D eigenvalue weighted by Crippen LogP contribution is -2.18. The van der Waals surface area contributed by atoms with E-state index in [2.05, 4.69) is 16.0 Å². The fraction of sp³-hybridized carbons (Fsp3) is 0.267. The number of rotatable bonds is 4. The SMILES string of the molecule is CC(N)c1ccc(N(C)Cc2cccc(Cl)c2)nc1. The molecule has 1 unspecified atom stereocenters. The van der Waals surface area contributed by atoms with Crippen LogP contribution in [0.25, 0.3) is 0 Å². The normalized spacial score (nSPS) is 12.2. The van der Waals surface area contributed by atoms with Crippen molar-refractivity contribution in [1.29, 1.82) is 0 Å². The molecule has 0 saturated heterocycles. The quantitative estimate of drug-likeness (QED) is 0.930. The number of pyridine rings is 1. The van der Waals surface area contributed by atoms with E-state index >= 15 is 0 Å². The van der Waals surface area contributed by atoms with Crippen LogP contribution in [0.1, 0.15) is 24.1 Å². The highest BCUT2D eigenvalue weighted by Gasteiger charge is 2.05. The van der Waals surface area contributed by atoms with Crippen LogP contribution in [0.2, 0.25) is 5.02 Å². The zero-order valence-electron chi connectivity index (χ0n) is 11.2. The smallest absolute Gasteiger partial charge is 0.128 e. The van der Waals surface area contributed by atoms with Crippen LogP contribution in [0, 0.1) is 0 Å². The lowest BCUT2D eigenvalue weighted by atomic mass is 10.1. The van der Waals surface area contributed by atoms with Crippen molar-refractivity contribution in [3.05, 3.63) is 58.7 Å². The Bertz CT molecular complexity index is 537. The van der Waals surface area contributed by atoms with Gasteiger partial charge in [-0.1, -0.05) is 29.8 Å². The molecule has 0 aliphatic rings. The second-order valence-corrected chi connectivity index (χ2v) is 5.16. The van der Waals surface area contributed by atoms with E-state index in [1.165, 1.54) is 0 Å². The molecule has 1 aromatic heterocycles. The molecule has 19 heavy (non-hydrogen) atoms. The van der Waals surface area contributed by atoms with Crippen LogP contribution in [0.15, 0.2) is 42.6 Å². The van der Waals surface area contributed by atoms with E-state index in [4.69, 9.17) is 17.3 Å². The Hall–Kier alpha value is -1.58. The Kier molecular flexibility index (Phi) is 4.40. The summed E-state index contributed by atoms with van der Waals surface area (Å²) in [7, 11) is 2.01. The third kappa shape index (κ3) is 3.69. The van der Waals surface area contributed by atoms with Gasteiger partial charge in [-0.05, 0) is 36.2 Å². The minimum atomic E-state index is 0.0137. The van der Waals surface area contributed by atoms with Crippen LogP contribution in [0.3, 0.4) is 0 Å². The van der Waals surface area contributed by atoms with Gasteiger partial charge in [0.05, 0.1) is 0 Å². The fourth-order valence-electron chi connectivity index (χ4n) is 1.88. The van der Waals surface area contributed by atoms with Gasteiger partial charge in [0.2, 0.25) is 0 Å². The van der Waals surface area contributed by atoms with Crippen molar-refractivity contribution in [2.24, 2.45) is 5.73 Å². The Morgan fingerprint density at radius 2 is 2.11 bits per heavy atom. The summed E-state index contributed by atoms with van der Waals surface area (Å²) in [5.41, 5.74) is 8.01. The summed E-state index contributed by atoms with van der Waals surface area (Å²) in [6, 6.07) is 11.9. The molecular formula is C15H18ClN3. The first-order valence-corrected chi connectivity index (χ1v) is 6.61. The molecule has 0 radical (unpaired) electrons. The van der Waals surface area contributed by atoms with Gasteiger partial charge in [-0.3, -0.25) is 0 Å². The van der Waals surface area contributed by atoms with Gasteiger partial charge >= 0.3 is 0 Å². The molecule has 4 heteroatoms. The highest BCUT2D eigenvalue weighted by atomic mass is 35.5. The molecule has 0 aliphatic carbocycles. The number of aromatic nitrogens is 1. The molecule has 1 aromatic carbocycles. The molecule has 2 rings (SSSR count). The molecule has 0 spiro atoms.